The molecule has 0 aliphatic heterocycles. The van der Waals surface area contributed by atoms with Gasteiger partial charge in [0.15, 0.2) is 0 Å². The summed E-state index contributed by atoms with van der Waals surface area (Å²) in [6.07, 6.45) is 0.832. The topological polar surface area (TPSA) is 61.4 Å². The van der Waals surface area contributed by atoms with Gasteiger partial charge in [0.1, 0.15) is 0 Å². The summed E-state index contributed by atoms with van der Waals surface area (Å²) in [6, 6.07) is 0. The number of amides is 2. The summed E-state index contributed by atoms with van der Waals surface area (Å²) in [6.45, 7) is 1.14. The molecule has 0 fully saturated rings. The van der Waals surface area contributed by atoms with Crippen LogP contribution in [0.25, 0.3) is 0 Å². The minimum Gasteiger partial charge on any atom is -0.359 e. The largest absolute Gasteiger partial charge is 0.359 e. The molecule has 0 bridgehead atoms. The molecule has 0 heterocycles. The van der Waals surface area contributed by atoms with Gasteiger partial charge in [-0.3, -0.25) is 9.59 Å². The van der Waals surface area contributed by atoms with E-state index in [0.29, 0.717) is 25.9 Å². The number of carbonyl (C=O) groups is 2. The molecular formula is C9H19N3O2. The first kappa shape index (κ1) is 12.9. The zero-order chi connectivity index (χ0) is 11.0. The Hall–Kier alpha value is -1.10. The molecule has 0 aromatic carbocycles. The summed E-state index contributed by atoms with van der Waals surface area (Å²) in [7, 11) is 5.10. The van der Waals surface area contributed by atoms with Gasteiger partial charge in [-0.2, -0.15) is 0 Å². The highest BCUT2D eigenvalue weighted by Gasteiger charge is 2.08. The third kappa shape index (κ3) is 5.53. The Kier molecular flexibility index (Phi) is 6.74. The average Bonchev–Trinajstić information content (AvgIpc) is 2.21. The van der Waals surface area contributed by atoms with Gasteiger partial charge in [-0.25, -0.2) is 0 Å². The van der Waals surface area contributed by atoms with Crippen molar-refractivity contribution in [2.24, 2.45) is 0 Å². The van der Waals surface area contributed by atoms with Crippen LogP contribution in [-0.4, -0.2) is 50.9 Å². The number of nitrogens with one attached hydrogen (secondary N) is 2. The van der Waals surface area contributed by atoms with E-state index in [1.807, 2.05) is 0 Å². The third-order valence-corrected chi connectivity index (χ3v) is 1.97. The van der Waals surface area contributed by atoms with Crippen molar-refractivity contribution in [3.8, 4) is 0 Å². The average molecular weight is 201 g/mol. The Bertz CT molecular complexity index is 194. The van der Waals surface area contributed by atoms with Crippen molar-refractivity contribution in [2.75, 3.05) is 34.2 Å². The van der Waals surface area contributed by atoms with Crippen LogP contribution in [0.1, 0.15) is 12.8 Å². The predicted octanol–water partition coefficient (Wildman–Crippen LogP) is -0.810. The normalized spacial score (nSPS) is 9.64. The fourth-order valence-corrected chi connectivity index (χ4v) is 0.942. The van der Waals surface area contributed by atoms with Gasteiger partial charge in [-0.05, 0) is 7.05 Å². The lowest BCUT2D eigenvalue weighted by Crippen LogP contribution is -2.32. The van der Waals surface area contributed by atoms with Crippen LogP contribution < -0.4 is 10.6 Å². The zero-order valence-corrected chi connectivity index (χ0v) is 9.09. The van der Waals surface area contributed by atoms with Gasteiger partial charge in [0, 0.05) is 40.0 Å². The molecular weight excluding hydrogens is 182 g/mol. The molecule has 0 saturated carbocycles. The fraction of sp³-hybridized carbons (Fsp3) is 0.778. The molecule has 0 spiro atoms. The number of carbonyl (C=O) groups excluding carboxylic acids is 2. The van der Waals surface area contributed by atoms with Crippen molar-refractivity contribution in [3.63, 3.8) is 0 Å². The maximum absolute atomic E-state index is 11.4. The van der Waals surface area contributed by atoms with E-state index in [0.717, 1.165) is 0 Å². The Morgan fingerprint density at radius 3 is 2.36 bits per heavy atom. The molecule has 0 atom stereocenters. The second kappa shape index (κ2) is 7.32. The fourth-order valence-electron chi connectivity index (χ4n) is 0.942. The standard InChI is InChI=1S/C9H19N3O2/c1-10-6-4-9(14)12(3)7-5-8(13)11-2/h10H,4-7H2,1-3H3,(H,11,13). The number of nitrogens with zero attached hydrogens (tertiary/aromatic N) is 1. The number of hydrogen-bond acceptors (Lipinski definition) is 3. The van der Waals surface area contributed by atoms with E-state index in [2.05, 4.69) is 10.6 Å². The van der Waals surface area contributed by atoms with E-state index in [4.69, 9.17) is 0 Å². The van der Waals surface area contributed by atoms with Gasteiger partial charge in [-0.1, -0.05) is 0 Å². The smallest absolute Gasteiger partial charge is 0.223 e. The molecule has 0 aliphatic carbocycles. The van der Waals surface area contributed by atoms with Crippen molar-refractivity contribution in [3.05, 3.63) is 0 Å². The van der Waals surface area contributed by atoms with Crippen LogP contribution in [0, 0.1) is 0 Å². The quantitative estimate of drug-likeness (QED) is 0.591. The summed E-state index contributed by atoms with van der Waals surface area (Å²) in [5.74, 6) is 0.0153. The van der Waals surface area contributed by atoms with Crippen molar-refractivity contribution >= 4 is 11.8 Å². The van der Waals surface area contributed by atoms with Crippen molar-refractivity contribution < 1.29 is 9.59 Å². The van der Waals surface area contributed by atoms with Gasteiger partial charge in [0.25, 0.3) is 0 Å². The molecule has 14 heavy (non-hydrogen) atoms. The highest BCUT2D eigenvalue weighted by molar-refractivity contribution is 5.78. The summed E-state index contributed by atoms with van der Waals surface area (Å²) < 4.78 is 0. The Balaban J connectivity index is 3.66. The van der Waals surface area contributed by atoms with Crippen LogP contribution in [0.15, 0.2) is 0 Å². The molecule has 5 heteroatoms. The molecule has 0 radical (unpaired) electrons. The first-order valence-electron chi connectivity index (χ1n) is 4.71. The number of hydrogen-bond donors (Lipinski definition) is 2. The highest BCUT2D eigenvalue weighted by atomic mass is 16.2. The van der Waals surface area contributed by atoms with E-state index in [9.17, 15) is 9.59 Å². The molecule has 82 valence electrons. The van der Waals surface area contributed by atoms with Gasteiger partial charge in [0.2, 0.25) is 11.8 Å². The zero-order valence-electron chi connectivity index (χ0n) is 9.09. The van der Waals surface area contributed by atoms with Crippen LogP contribution in [0.3, 0.4) is 0 Å². The van der Waals surface area contributed by atoms with E-state index in [1.165, 1.54) is 0 Å². The van der Waals surface area contributed by atoms with Crippen LogP contribution in [0.5, 0.6) is 0 Å². The van der Waals surface area contributed by atoms with E-state index in [1.54, 1.807) is 26.0 Å². The lowest BCUT2D eigenvalue weighted by Gasteiger charge is -2.16. The highest BCUT2D eigenvalue weighted by Crippen LogP contribution is 1.92. The summed E-state index contributed by atoms with van der Waals surface area (Å²) >= 11 is 0. The summed E-state index contributed by atoms with van der Waals surface area (Å²) in [5.41, 5.74) is 0. The monoisotopic (exact) mass is 201 g/mol. The Morgan fingerprint density at radius 2 is 1.86 bits per heavy atom. The van der Waals surface area contributed by atoms with Gasteiger partial charge in [-0.15, -0.1) is 0 Å². The number of rotatable bonds is 6. The maximum Gasteiger partial charge on any atom is 0.223 e. The van der Waals surface area contributed by atoms with Crippen molar-refractivity contribution in [2.45, 2.75) is 12.8 Å². The second-order valence-electron chi connectivity index (χ2n) is 3.09. The third-order valence-electron chi connectivity index (χ3n) is 1.97. The predicted molar refractivity (Wildman–Crippen MR) is 54.9 cm³/mol. The minimum atomic E-state index is -0.0433. The van der Waals surface area contributed by atoms with Crippen molar-refractivity contribution in [1.29, 1.82) is 0 Å². The molecule has 0 unspecified atom stereocenters. The molecule has 5 nitrogen and oxygen atoms in total. The van der Waals surface area contributed by atoms with Gasteiger partial charge >= 0.3 is 0 Å². The molecule has 2 N–H and O–H groups in total. The molecule has 2 amide bonds. The van der Waals surface area contributed by atoms with Crippen LogP contribution in [-0.2, 0) is 9.59 Å². The molecule has 0 aromatic heterocycles. The lowest BCUT2D eigenvalue weighted by atomic mass is 10.3. The van der Waals surface area contributed by atoms with Crippen molar-refractivity contribution in [1.82, 2.24) is 15.5 Å². The summed E-state index contributed by atoms with van der Waals surface area (Å²) in [5, 5.41) is 5.42. The maximum atomic E-state index is 11.4. The second-order valence-corrected chi connectivity index (χ2v) is 3.09. The molecule has 0 saturated heterocycles. The van der Waals surface area contributed by atoms with E-state index < -0.39 is 0 Å². The Morgan fingerprint density at radius 1 is 1.21 bits per heavy atom. The summed E-state index contributed by atoms with van der Waals surface area (Å²) in [4.78, 5) is 23.8. The van der Waals surface area contributed by atoms with E-state index >= 15 is 0 Å². The molecule has 0 aliphatic rings. The van der Waals surface area contributed by atoms with Crippen LogP contribution >= 0.6 is 0 Å². The van der Waals surface area contributed by atoms with Crippen LogP contribution in [0.4, 0.5) is 0 Å². The molecule has 0 aromatic rings. The lowest BCUT2D eigenvalue weighted by molar-refractivity contribution is -0.130. The Labute approximate surface area is 84.8 Å². The minimum absolute atomic E-state index is 0.0433. The van der Waals surface area contributed by atoms with Crippen LogP contribution in [0.2, 0.25) is 0 Å². The first-order chi connectivity index (χ1) is 6.61. The van der Waals surface area contributed by atoms with Gasteiger partial charge < -0.3 is 15.5 Å². The molecule has 0 rings (SSSR count). The SMILES string of the molecule is CNCCC(=O)N(C)CCC(=O)NC. The van der Waals surface area contributed by atoms with E-state index in [-0.39, 0.29) is 11.8 Å². The van der Waals surface area contributed by atoms with Gasteiger partial charge in [0.05, 0.1) is 0 Å². The first-order valence-corrected chi connectivity index (χ1v) is 4.71.